The van der Waals surface area contributed by atoms with Crippen molar-refractivity contribution in [2.24, 2.45) is 0 Å². The van der Waals surface area contributed by atoms with E-state index < -0.39 is 29.7 Å². The van der Waals surface area contributed by atoms with Gasteiger partial charge in [-0.1, -0.05) is 0 Å². The van der Waals surface area contributed by atoms with Crippen molar-refractivity contribution in [3.63, 3.8) is 0 Å². The summed E-state index contributed by atoms with van der Waals surface area (Å²) in [6.07, 6.45) is -0.837. The molecule has 3 N–H and O–H groups in total. The summed E-state index contributed by atoms with van der Waals surface area (Å²) in [6.45, 7) is 2.31. The van der Waals surface area contributed by atoms with Crippen molar-refractivity contribution in [2.75, 3.05) is 0 Å². The smallest absolute Gasteiger partial charge is 0.330 e. The molecule has 1 aromatic heterocycles. The minimum absolute atomic E-state index is 0.174. The molecule has 17 heavy (non-hydrogen) atoms. The first-order chi connectivity index (χ1) is 8.02. The highest BCUT2D eigenvalue weighted by molar-refractivity contribution is 5.02. The number of aryl methyl sites for hydroxylation is 1. The molecule has 2 heterocycles. The van der Waals surface area contributed by atoms with E-state index in [4.69, 9.17) is 9.84 Å². The maximum Gasteiger partial charge on any atom is 0.330 e. The van der Waals surface area contributed by atoms with Crippen molar-refractivity contribution in [1.82, 2.24) is 9.55 Å². The van der Waals surface area contributed by atoms with Crippen LogP contribution in [0.2, 0.25) is 0 Å². The summed E-state index contributed by atoms with van der Waals surface area (Å²) in [7, 11) is 0. The van der Waals surface area contributed by atoms with Crippen LogP contribution in [0, 0.1) is 13.5 Å². The minimum Gasteiger partial charge on any atom is -0.390 e. The largest absolute Gasteiger partial charge is 0.390 e. The van der Waals surface area contributed by atoms with Gasteiger partial charge in [0.2, 0.25) is 0 Å². The van der Waals surface area contributed by atoms with Gasteiger partial charge in [-0.15, -0.1) is 0 Å². The molecule has 1 aliphatic rings. The molecule has 1 saturated heterocycles. The van der Waals surface area contributed by atoms with Gasteiger partial charge in [0.05, 0.1) is 6.10 Å². The van der Waals surface area contributed by atoms with Crippen LogP contribution in [0.15, 0.2) is 15.8 Å². The van der Waals surface area contributed by atoms with Gasteiger partial charge in [0.1, 0.15) is 18.9 Å². The van der Waals surface area contributed by atoms with Gasteiger partial charge in [-0.3, -0.25) is 14.3 Å². The number of nitrogens with one attached hydrogen (secondary N) is 1. The predicted octanol–water partition coefficient (Wildman–Crippen LogP) is -0.972. The zero-order chi connectivity index (χ0) is 12.6. The van der Waals surface area contributed by atoms with Crippen molar-refractivity contribution in [1.29, 1.82) is 0 Å². The average molecular weight is 241 g/mol. The number of hydrogen-bond acceptors (Lipinski definition) is 5. The van der Waals surface area contributed by atoms with Crippen LogP contribution in [0.25, 0.3) is 0 Å². The van der Waals surface area contributed by atoms with Gasteiger partial charge in [0.15, 0.2) is 0 Å². The lowest BCUT2D eigenvalue weighted by Gasteiger charge is -2.14. The Hall–Kier alpha value is -1.44. The van der Waals surface area contributed by atoms with Crippen molar-refractivity contribution in [2.45, 2.75) is 31.8 Å². The Labute approximate surface area is 96.3 Å². The van der Waals surface area contributed by atoms with Crippen LogP contribution in [0.5, 0.6) is 0 Å². The monoisotopic (exact) mass is 241 g/mol. The van der Waals surface area contributed by atoms with E-state index in [0.29, 0.717) is 5.56 Å². The topological polar surface area (TPSA) is 105 Å². The van der Waals surface area contributed by atoms with Gasteiger partial charge in [0.25, 0.3) is 5.56 Å². The minimum atomic E-state index is -0.871. The van der Waals surface area contributed by atoms with Crippen molar-refractivity contribution in [3.05, 3.63) is 39.2 Å². The zero-order valence-electron chi connectivity index (χ0n) is 9.16. The molecule has 2 rings (SSSR count). The van der Waals surface area contributed by atoms with Crippen LogP contribution >= 0.6 is 0 Å². The molecule has 7 heteroatoms. The molecule has 0 bridgehead atoms. The predicted molar refractivity (Wildman–Crippen MR) is 56.8 cm³/mol. The number of rotatable bonds is 2. The standard InChI is InChI=1S/C10H13N2O5/c1-5-3-12(10(16)11-9(5)15)8-2-6(14)7(4-13)17-8/h3-4,6-8,13-14H,2H2,1H3,(H,11,15,16)/t6-,7+,8+/m0/s1. The number of aliphatic hydroxyl groups is 2. The third-order valence-electron chi connectivity index (χ3n) is 2.74. The summed E-state index contributed by atoms with van der Waals surface area (Å²) >= 11 is 0. The van der Waals surface area contributed by atoms with E-state index in [1.807, 2.05) is 0 Å². The molecule has 1 radical (unpaired) electrons. The molecule has 0 unspecified atom stereocenters. The number of aromatic amines is 1. The van der Waals surface area contributed by atoms with Crippen LogP contribution in [0.3, 0.4) is 0 Å². The van der Waals surface area contributed by atoms with Crippen LogP contribution in [0.1, 0.15) is 18.2 Å². The van der Waals surface area contributed by atoms with Gasteiger partial charge in [-0.25, -0.2) is 4.79 Å². The first-order valence-electron chi connectivity index (χ1n) is 5.16. The Balaban J connectivity index is 2.34. The van der Waals surface area contributed by atoms with E-state index >= 15 is 0 Å². The molecule has 3 atom stereocenters. The van der Waals surface area contributed by atoms with E-state index in [1.54, 1.807) is 6.92 Å². The summed E-state index contributed by atoms with van der Waals surface area (Å²) in [5, 5.41) is 18.3. The molecule has 0 aromatic carbocycles. The molecule has 7 nitrogen and oxygen atoms in total. The lowest BCUT2D eigenvalue weighted by atomic mass is 10.2. The molecule has 0 aliphatic carbocycles. The van der Waals surface area contributed by atoms with Crippen LogP contribution < -0.4 is 11.2 Å². The first-order valence-corrected chi connectivity index (χ1v) is 5.16. The molecule has 0 saturated carbocycles. The van der Waals surface area contributed by atoms with E-state index in [2.05, 4.69) is 4.98 Å². The van der Waals surface area contributed by atoms with Crippen LogP contribution in [-0.4, -0.2) is 32.0 Å². The van der Waals surface area contributed by atoms with Crippen molar-refractivity contribution in [3.8, 4) is 0 Å². The Morgan fingerprint density at radius 3 is 2.88 bits per heavy atom. The second kappa shape index (κ2) is 4.44. The first kappa shape index (κ1) is 12.0. The molecule has 1 aromatic rings. The highest BCUT2D eigenvalue weighted by Crippen LogP contribution is 2.28. The maximum atomic E-state index is 11.6. The van der Waals surface area contributed by atoms with Crippen molar-refractivity contribution < 1.29 is 14.9 Å². The highest BCUT2D eigenvalue weighted by atomic mass is 16.5. The quantitative estimate of drug-likeness (QED) is 0.617. The number of aromatic nitrogens is 2. The van der Waals surface area contributed by atoms with E-state index in [9.17, 15) is 14.7 Å². The molecule has 0 spiro atoms. The number of ether oxygens (including phenoxy) is 1. The van der Waals surface area contributed by atoms with Gasteiger partial charge in [0, 0.05) is 18.2 Å². The molecule has 1 fully saturated rings. The molecular weight excluding hydrogens is 228 g/mol. The Kier molecular flexibility index (Phi) is 3.14. The van der Waals surface area contributed by atoms with E-state index in [0.717, 1.165) is 6.61 Å². The summed E-state index contributed by atoms with van der Waals surface area (Å²) < 4.78 is 6.47. The zero-order valence-corrected chi connectivity index (χ0v) is 9.16. The second-order valence-electron chi connectivity index (χ2n) is 3.99. The van der Waals surface area contributed by atoms with Gasteiger partial charge < -0.3 is 14.9 Å². The Morgan fingerprint density at radius 2 is 2.29 bits per heavy atom. The van der Waals surface area contributed by atoms with E-state index in [1.165, 1.54) is 10.8 Å². The third kappa shape index (κ3) is 2.17. The summed E-state index contributed by atoms with van der Waals surface area (Å²) in [5.74, 6) is 0. The maximum absolute atomic E-state index is 11.6. The molecular formula is C10H13N2O5. The van der Waals surface area contributed by atoms with Gasteiger partial charge >= 0.3 is 5.69 Å². The Bertz CT molecular complexity index is 520. The molecule has 1 aliphatic heterocycles. The average Bonchev–Trinajstić information content (AvgIpc) is 2.65. The molecule has 0 amide bonds. The summed E-state index contributed by atoms with van der Waals surface area (Å²) in [4.78, 5) is 24.9. The molecule has 93 valence electrons. The van der Waals surface area contributed by atoms with Gasteiger partial charge in [-0.05, 0) is 6.92 Å². The number of nitrogens with zero attached hydrogens (tertiary/aromatic N) is 1. The van der Waals surface area contributed by atoms with Crippen molar-refractivity contribution >= 4 is 0 Å². The Morgan fingerprint density at radius 1 is 1.59 bits per heavy atom. The number of hydrogen-bond donors (Lipinski definition) is 3. The third-order valence-corrected chi connectivity index (χ3v) is 2.74. The highest BCUT2D eigenvalue weighted by Gasteiger charge is 2.35. The van der Waals surface area contributed by atoms with Crippen LogP contribution in [0.4, 0.5) is 0 Å². The van der Waals surface area contributed by atoms with Crippen LogP contribution in [-0.2, 0) is 4.74 Å². The number of aliphatic hydroxyl groups excluding tert-OH is 2. The lowest BCUT2D eigenvalue weighted by molar-refractivity contribution is -0.0234. The SMILES string of the molecule is Cc1cn([C@H]2C[C@H](O)[C@@H]([CH]O)O2)c(=O)[nH]c1=O. The fourth-order valence-corrected chi connectivity index (χ4v) is 1.78. The van der Waals surface area contributed by atoms with Gasteiger partial charge in [-0.2, -0.15) is 0 Å². The summed E-state index contributed by atoms with van der Waals surface area (Å²) in [5.41, 5.74) is -0.675. The summed E-state index contributed by atoms with van der Waals surface area (Å²) in [6, 6.07) is 0. The fourth-order valence-electron chi connectivity index (χ4n) is 1.78. The lowest BCUT2D eigenvalue weighted by Crippen LogP contribution is -2.33. The normalized spacial score (nSPS) is 28.5. The number of H-pyrrole nitrogens is 1. The second-order valence-corrected chi connectivity index (χ2v) is 3.99. The fraction of sp³-hybridized carbons (Fsp3) is 0.500. The van der Waals surface area contributed by atoms with E-state index in [-0.39, 0.29) is 6.42 Å².